The van der Waals surface area contributed by atoms with Gasteiger partial charge in [-0.2, -0.15) is 10.2 Å². The number of rotatable bonds is 5. The molecule has 1 atom stereocenters. The van der Waals surface area contributed by atoms with Gasteiger partial charge in [-0.1, -0.05) is 18.2 Å². The van der Waals surface area contributed by atoms with Crippen LogP contribution in [-0.4, -0.2) is 28.0 Å². The van der Waals surface area contributed by atoms with E-state index in [0.29, 0.717) is 6.04 Å². The number of nitrogens with zero attached hydrogens (tertiary/aromatic N) is 2. The predicted octanol–water partition coefficient (Wildman–Crippen LogP) is 2.20. The quantitative estimate of drug-likeness (QED) is 0.828. The number of aliphatic hydroxyl groups is 1. The molecule has 0 bridgehead atoms. The molecule has 0 aliphatic heterocycles. The van der Waals surface area contributed by atoms with Crippen molar-refractivity contribution in [2.45, 2.75) is 25.8 Å². The number of aliphatic hydroxyl groups excluding tert-OH is 1. The van der Waals surface area contributed by atoms with Gasteiger partial charge in [0.25, 0.3) is 0 Å². The van der Waals surface area contributed by atoms with Crippen LogP contribution in [0.15, 0.2) is 30.5 Å². The van der Waals surface area contributed by atoms with Crippen LogP contribution in [0, 0.1) is 0 Å². The summed E-state index contributed by atoms with van der Waals surface area (Å²) in [5, 5.41) is 21.4. The standard InChI is InChI=1S/C13H17N3O/c1-10(5-4-8-17)15-13-9-14-16-12-7-3-2-6-11(12)13/h2-3,6-7,9-10,17H,4-5,8H2,1H3,(H,15,16). The van der Waals surface area contributed by atoms with Crippen LogP contribution in [0.5, 0.6) is 0 Å². The van der Waals surface area contributed by atoms with Crippen molar-refractivity contribution in [2.75, 3.05) is 11.9 Å². The molecule has 1 heterocycles. The molecular formula is C13H17N3O. The van der Waals surface area contributed by atoms with Gasteiger partial charge in [-0.25, -0.2) is 0 Å². The van der Waals surface area contributed by atoms with Crippen LogP contribution in [0.4, 0.5) is 5.69 Å². The second-order valence-electron chi connectivity index (χ2n) is 4.19. The monoisotopic (exact) mass is 231 g/mol. The Morgan fingerprint density at radius 3 is 3.00 bits per heavy atom. The smallest absolute Gasteiger partial charge is 0.0950 e. The van der Waals surface area contributed by atoms with Crippen molar-refractivity contribution >= 4 is 16.6 Å². The van der Waals surface area contributed by atoms with Gasteiger partial charge in [0.15, 0.2) is 0 Å². The summed E-state index contributed by atoms with van der Waals surface area (Å²) in [7, 11) is 0. The molecule has 0 spiro atoms. The largest absolute Gasteiger partial charge is 0.396 e. The Hall–Kier alpha value is -1.68. The molecule has 0 aliphatic carbocycles. The van der Waals surface area contributed by atoms with Crippen molar-refractivity contribution in [2.24, 2.45) is 0 Å². The Morgan fingerprint density at radius 2 is 2.18 bits per heavy atom. The van der Waals surface area contributed by atoms with Crippen molar-refractivity contribution < 1.29 is 5.11 Å². The second kappa shape index (κ2) is 5.59. The molecular weight excluding hydrogens is 214 g/mol. The summed E-state index contributed by atoms with van der Waals surface area (Å²) in [4.78, 5) is 0. The van der Waals surface area contributed by atoms with Crippen LogP contribution in [0.25, 0.3) is 10.9 Å². The zero-order chi connectivity index (χ0) is 12.1. The van der Waals surface area contributed by atoms with Crippen molar-refractivity contribution in [3.05, 3.63) is 30.5 Å². The SMILES string of the molecule is CC(CCCO)Nc1cnnc2ccccc12. The van der Waals surface area contributed by atoms with Gasteiger partial charge in [-0.3, -0.25) is 0 Å². The van der Waals surface area contributed by atoms with E-state index in [2.05, 4.69) is 22.4 Å². The van der Waals surface area contributed by atoms with Crippen molar-refractivity contribution in [3.8, 4) is 0 Å². The molecule has 2 N–H and O–H groups in total. The molecule has 1 aromatic carbocycles. The Balaban J connectivity index is 2.18. The van der Waals surface area contributed by atoms with E-state index in [1.54, 1.807) is 6.20 Å². The number of anilines is 1. The fourth-order valence-corrected chi connectivity index (χ4v) is 1.86. The predicted molar refractivity (Wildman–Crippen MR) is 68.9 cm³/mol. The van der Waals surface area contributed by atoms with E-state index in [9.17, 15) is 0 Å². The molecule has 17 heavy (non-hydrogen) atoms. The van der Waals surface area contributed by atoms with E-state index >= 15 is 0 Å². The summed E-state index contributed by atoms with van der Waals surface area (Å²) in [6, 6.07) is 8.25. The average Bonchev–Trinajstić information content (AvgIpc) is 2.37. The summed E-state index contributed by atoms with van der Waals surface area (Å²) in [5.74, 6) is 0. The van der Waals surface area contributed by atoms with Gasteiger partial charge in [-0.15, -0.1) is 0 Å². The summed E-state index contributed by atoms with van der Waals surface area (Å²) in [6.07, 6.45) is 3.50. The van der Waals surface area contributed by atoms with E-state index in [0.717, 1.165) is 29.4 Å². The van der Waals surface area contributed by atoms with Crippen molar-refractivity contribution in [1.29, 1.82) is 0 Å². The van der Waals surface area contributed by atoms with Gasteiger partial charge < -0.3 is 10.4 Å². The third-order valence-corrected chi connectivity index (χ3v) is 2.74. The van der Waals surface area contributed by atoms with Crippen molar-refractivity contribution in [3.63, 3.8) is 0 Å². The van der Waals surface area contributed by atoms with E-state index in [1.165, 1.54) is 0 Å². The molecule has 2 rings (SSSR count). The van der Waals surface area contributed by atoms with Crippen LogP contribution in [-0.2, 0) is 0 Å². The highest BCUT2D eigenvalue weighted by Gasteiger charge is 2.05. The zero-order valence-electron chi connectivity index (χ0n) is 9.93. The molecule has 2 aromatic rings. The molecule has 90 valence electrons. The normalized spacial score (nSPS) is 12.6. The number of fused-ring (bicyclic) bond motifs is 1. The highest BCUT2D eigenvalue weighted by atomic mass is 16.2. The molecule has 4 nitrogen and oxygen atoms in total. The van der Waals surface area contributed by atoms with E-state index in [-0.39, 0.29) is 6.61 Å². The Kier molecular flexibility index (Phi) is 3.88. The fraction of sp³-hybridized carbons (Fsp3) is 0.385. The van der Waals surface area contributed by atoms with Gasteiger partial charge in [0.2, 0.25) is 0 Å². The molecule has 0 fully saturated rings. The number of hydrogen-bond acceptors (Lipinski definition) is 4. The van der Waals surface area contributed by atoms with Crippen LogP contribution in [0.1, 0.15) is 19.8 Å². The van der Waals surface area contributed by atoms with Gasteiger partial charge >= 0.3 is 0 Å². The summed E-state index contributed by atoms with van der Waals surface area (Å²) >= 11 is 0. The maximum absolute atomic E-state index is 8.80. The first-order chi connectivity index (χ1) is 8.31. The Labute approximate surface area is 101 Å². The second-order valence-corrected chi connectivity index (χ2v) is 4.19. The molecule has 0 saturated carbocycles. The minimum Gasteiger partial charge on any atom is -0.396 e. The number of benzene rings is 1. The molecule has 1 aromatic heterocycles. The lowest BCUT2D eigenvalue weighted by molar-refractivity contribution is 0.282. The maximum atomic E-state index is 8.80. The minimum absolute atomic E-state index is 0.237. The molecule has 0 amide bonds. The topological polar surface area (TPSA) is 58.0 Å². The highest BCUT2D eigenvalue weighted by Crippen LogP contribution is 2.21. The average molecular weight is 231 g/mol. The molecule has 4 heteroatoms. The first kappa shape index (κ1) is 11.8. The lowest BCUT2D eigenvalue weighted by Gasteiger charge is -2.15. The number of hydrogen-bond donors (Lipinski definition) is 2. The Morgan fingerprint density at radius 1 is 1.35 bits per heavy atom. The first-order valence-corrected chi connectivity index (χ1v) is 5.89. The van der Waals surface area contributed by atoms with Gasteiger partial charge in [0.05, 0.1) is 17.4 Å². The third kappa shape index (κ3) is 2.91. The molecule has 0 radical (unpaired) electrons. The van der Waals surface area contributed by atoms with Crippen LogP contribution >= 0.6 is 0 Å². The van der Waals surface area contributed by atoms with Gasteiger partial charge in [0, 0.05) is 18.0 Å². The van der Waals surface area contributed by atoms with Crippen molar-refractivity contribution in [1.82, 2.24) is 10.2 Å². The lowest BCUT2D eigenvalue weighted by Crippen LogP contribution is -2.16. The molecule has 0 aliphatic rings. The summed E-state index contributed by atoms with van der Waals surface area (Å²) in [6.45, 7) is 2.34. The lowest BCUT2D eigenvalue weighted by atomic mass is 10.1. The summed E-state index contributed by atoms with van der Waals surface area (Å²) in [5.41, 5.74) is 1.90. The van der Waals surface area contributed by atoms with Crippen LogP contribution in [0.2, 0.25) is 0 Å². The maximum Gasteiger partial charge on any atom is 0.0950 e. The summed E-state index contributed by atoms with van der Waals surface area (Å²) < 4.78 is 0. The van der Waals surface area contributed by atoms with E-state index in [1.807, 2.05) is 24.3 Å². The molecule has 1 unspecified atom stereocenters. The van der Waals surface area contributed by atoms with Gasteiger partial charge in [0.1, 0.15) is 0 Å². The fourth-order valence-electron chi connectivity index (χ4n) is 1.86. The van der Waals surface area contributed by atoms with E-state index in [4.69, 9.17) is 5.11 Å². The number of aromatic nitrogens is 2. The third-order valence-electron chi connectivity index (χ3n) is 2.74. The van der Waals surface area contributed by atoms with Crippen LogP contribution < -0.4 is 5.32 Å². The Bertz CT molecular complexity index is 482. The van der Waals surface area contributed by atoms with E-state index < -0.39 is 0 Å². The van der Waals surface area contributed by atoms with Gasteiger partial charge in [-0.05, 0) is 25.8 Å². The number of nitrogens with one attached hydrogen (secondary N) is 1. The van der Waals surface area contributed by atoms with Crippen LogP contribution in [0.3, 0.4) is 0 Å². The minimum atomic E-state index is 0.237. The zero-order valence-corrected chi connectivity index (χ0v) is 9.93. The molecule has 0 saturated heterocycles. The first-order valence-electron chi connectivity index (χ1n) is 5.89. The highest BCUT2D eigenvalue weighted by molar-refractivity contribution is 5.90.